The Morgan fingerprint density at radius 3 is 2.11 bits per heavy atom. The lowest BCUT2D eigenvalue weighted by Gasteiger charge is -2.01. The van der Waals surface area contributed by atoms with E-state index in [1.807, 2.05) is 0 Å². The zero-order valence-electron chi connectivity index (χ0n) is 5.83. The van der Waals surface area contributed by atoms with E-state index in [1.165, 1.54) is 13.8 Å². The molecule has 0 amide bonds. The molecule has 0 aliphatic carbocycles. The smallest absolute Gasteiger partial charge is 0.0219 e. The Kier molecular flexibility index (Phi) is 2.24. The molecule has 0 saturated carbocycles. The van der Waals surface area contributed by atoms with Gasteiger partial charge in [-0.25, -0.2) is 0 Å². The lowest BCUT2D eigenvalue weighted by atomic mass is 10.1. The summed E-state index contributed by atoms with van der Waals surface area (Å²) in [5, 5.41) is 0. The summed E-state index contributed by atoms with van der Waals surface area (Å²) in [6, 6.07) is 4.40. The Hall–Kier alpha value is -0.350. The van der Waals surface area contributed by atoms with E-state index in [0.29, 0.717) is 5.92 Å². The molecule has 0 atom stereocenters. The van der Waals surface area contributed by atoms with Crippen LogP contribution in [0.4, 0.5) is 0 Å². The second-order valence-corrected chi connectivity index (χ2v) is 3.33. The van der Waals surface area contributed by atoms with Crippen molar-refractivity contribution >= 4 is 8.19 Å². The fourth-order valence-electron chi connectivity index (χ4n) is 0.748. The van der Waals surface area contributed by atoms with Gasteiger partial charge in [0.05, 0.1) is 0 Å². The van der Waals surface area contributed by atoms with Crippen LogP contribution in [0.25, 0.3) is 0 Å². The summed E-state index contributed by atoms with van der Waals surface area (Å²) in [5.41, 5.74) is 1.44. The summed E-state index contributed by atoms with van der Waals surface area (Å²) in [4.78, 5) is 0. The summed E-state index contributed by atoms with van der Waals surface area (Å²) < 4.78 is 0. The number of hydrogen-bond acceptors (Lipinski definition) is 0. The molecule has 0 radical (unpaired) electrons. The van der Waals surface area contributed by atoms with Gasteiger partial charge >= 0.3 is 0 Å². The molecule has 1 heteroatoms. The lowest BCUT2D eigenvalue weighted by Crippen LogP contribution is -1.82. The van der Waals surface area contributed by atoms with E-state index in [1.54, 1.807) is 0 Å². The third-order valence-corrected chi connectivity index (χ3v) is 2.02. The average Bonchev–Trinajstić information content (AvgIpc) is 1.90. The predicted molar refractivity (Wildman–Crippen MR) is 43.0 cm³/mol. The van der Waals surface area contributed by atoms with E-state index >= 15 is 0 Å². The van der Waals surface area contributed by atoms with Crippen LogP contribution in [0.2, 0.25) is 0 Å². The van der Waals surface area contributed by atoms with Crippen LogP contribution in [-0.4, -0.2) is 0 Å². The summed E-state index contributed by atoms with van der Waals surface area (Å²) in [7, 11) is 1.32. The van der Waals surface area contributed by atoms with Crippen LogP contribution in [-0.2, 0) is 0 Å². The van der Waals surface area contributed by atoms with Crippen molar-refractivity contribution in [3.63, 3.8) is 0 Å². The molecule has 48 valence electrons. The molecule has 0 bridgehead atoms. The summed E-state index contributed by atoms with van der Waals surface area (Å²) >= 11 is 0. The van der Waals surface area contributed by atoms with E-state index in [4.69, 9.17) is 0 Å². The first-order chi connectivity index (χ1) is 4.30. The van der Waals surface area contributed by atoms with E-state index in [2.05, 4.69) is 37.6 Å². The third kappa shape index (κ3) is 1.80. The Morgan fingerprint density at radius 1 is 1.22 bits per heavy atom. The van der Waals surface area contributed by atoms with Gasteiger partial charge in [-0.2, -0.15) is 0 Å². The fraction of sp³-hybridized carbons (Fsp3) is 0.375. The zero-order chi connectivity index (χ0) is 6.69. The van der Waals surface area contributed by atoms with Crippen molar-refractivity contribution in [1.82, 2.24) is 0 Å². The van der Waals surface area contributed by atoms with Gasteiger partial charge in [-0.15, -0.1) is 0 Å². The monoisotopic (exact) mass is 138 g/mol. The molecule has 0 unspecified atom stereocenters. The van der Waals surface area contributed by atoms with Crippen molar-refractivity contribution in [1.29, 1.82) is 0 Å². The first-order valence-electron chi connectivity index (χ1n) is 3.20. The molecule has 0 saturated heterocycles. The lowest BCUT2D eigenvalue weighted by molar-refractivity contribution is 0.868. The standard InChI is InChI=1S/C8H11P/c1-7(2)8-3-5-9-6-4-8/h3-7H,1-2H3. The van der Waals surface area contributed by atoms with Gasteiger partial charge in [-0.1, -0.05) is 34.2 Å². The van der Waals surface area contributed by atoms with Gasteiger partial charge in [0, 0.05) is 0 Å². The maximum atomic E-state index is 2.21. The second kappa shape index (κ2) is 2.98. The van der Waals surface area contributed by atoms with Gasteiger partial charge in [0.1, 0.15) is 0 Å². The van der Waals surface area contributed by atoms with Crippen molar-refractivity contribution in [3.8, 4) is 0 Å². The molecule has 0 N–H and O–H groups in total. The largest absolute Gasteiger partial charge is 0.0765 e. The molecule has 1 aromatic heterocycles. The highest BCUT2D eigenvalue weighted by molar-refractivity contribution is 7.28. The van der Waals surface area contributed by atoms with Gasteiger partial charge in [0.15, 0.2) is 0 Å². The minimum atomic E-state index is 0.674. The molecule has 1 rings (SSSR count). The van der Waals surface area contributed by atoms with Crippen LogP contribution in [0.5, 0.6) is 0 Å². The van der Waals surface area contributed by atoms with Gasteiger partial charge in [-0.05, 0) is 23.1 Å². The molecule has 0 aliphatic rings. The Morgan fingerprint density at radius 2 is 1.78 bits per heavy atom. The zero-order valence-corrected chi connectivity index (χ0v) is 6.73. The van der Waals surface area contributed by atoms with Crippen LogP contribution in [0.1, 0.15) is 25.3 Å². The SMILES string of the molecule is CC(C)c1ccpcc1. The molecule has 9 heavy (non-hydrogen) atoms. The first-order valence-corrected chi connectivity index (χ1v) is 4.24. The van der Waals surface area contributed by atoms with Crippen molar-refractivity contribution in [2.75, 3.05) is 0 Å². The Bertz CT molecular complexity index is 167. The minimum Gasteiger partial charge on any atom is -0.0765 e. The number of rotatable bonds is 1. The first kappa shape index (κ1) is 6.77. The summed E-state index contributed by atoms with van der Waals surface area (Å²) in [5.74, 6) is 5.03. The minimum absolute atomic E-state index is 0.674. The van der Waals surface area contributed by atoms with E-state index in [0.717, 1.165) is 0 Å². The summed E-state index contributed by atoms with van der Waals surface area (Å²) in [6.07, 6.45) is 0. The fourth-order valence-corrected chi connectivity index (χ4v) is 1.36. The molecule has 0 fully saturated rings. The van der Waals surface area contributed by atoms with Gasteiger partial charge in [-0.3, -0.25) is 0 Å². The predicted octanol–water partition coefficient (Wildman–Crippen LogP) is 3.39. The van der Waals surface area contributed by atoms with Crippen molar-refractivity contribution in [2.45, 2.75) is 19.8 Å². The molecule has 1 aromatic rings. The van der Waals surface area contributed by atoms with Gasteiger partial charge in [0.25, 0.3) is 0 Å². The van der Waals surface area contributed by atoms with Crippen LogP contribution in [0, 0.1) is 0 Å². The molecule has 0 nitrogen and oxygen atoms in total. The van der Waals surface area contributed by atoms with Gasteiger partial charge in [0.2, 0.25) is 0 Å². The maximum Gasteiger partial charge on any atom is -0.0219 e. The molecule has 0 aromatic carbocycles. The number of hydrogen-bond donors (Lipinski definition) is 0. The van der Waals surface area contributed by atoms with Crippen molar-refractivity contribution in [2.24, 2.45) is 0 Å². The quantitative estimate of drug-likeness (QED) is 0.558. The molecule has 0 aliphatic heterocycles. The van der Waals surface area contributed by atoms with E-state index in [-0.39, 0.29) is 0 Å². The second-order valence-electron chi connectivity index (χ2n) is 2.44. The highest BCUT2D eigenvalue weighted by atomic mass is 31.0. The van der Waals surface area contributed by atoms with Crippen LogP contribution in [0.3, 0.4) is 0 Å². The van der Waals surface area contributed by atoms with Crippen LogP contribution >= 0.6 is 8.19 Å². The highest BCUT2D eigenvalue weighted by Crippen LogP contribution is 2.15. The Balaban J connectivity index is 2.85. The van der Waals surface area contributed by atoms with E-state index in [9.17, 15) is 0 Å². The van der Waals surface area contributed by atoms with E-state index < -0.39 is 0 Å². The maximum absolute atomic E-state index is 2.21. The van der Waals surface area contributed by atoms with Crippen molar-refractivity contribution in [3.05, 3.63) is 29.3 Å². The normalized spacial score (nSPS) is 10.1. The van der Waals surface area contributed by atoms with Crippen molar-refractivity contribution < 1.29 is 0 Å². The topological polar surface area (TPSA) is 0 Å². The Labute approximate surface area is 58.0 Å². The molecule has 0 spiro atoms. The average molecular weight is 138 g/mol. The molecular formula is C8H11P. The molecular weight excluding hydrogens is 127 g/mol. The summed E-state index contributed by atoms with van der Waals surface area (Å²) in [6.45, 7) is 4.43. The third-order valence-electron chi connectivity index (χ3n) is 1.37. The van der Waals surface area contributed by atoms with Gasteiger partial charge < -0.3 is 0 Å². The van der Waals surface area contributed by atoms with Crippen LogP contribution in [0.15, 0.2) is 23.7 Å². The highest BCUT2D eigenvalue weighted by Gasteiger charge is 1.93. The van der Waals surface area contributed by atoms with Crippen LogP contribution < -0.4 is 0 Å². The molecule has 1 heterocycles.